The lowest BCUT2D eigenvalue weighted by molar-refractivity contribution is 0.147. The first-order chi connectivity index (χ1) is 7.28. The summed E-state index contributed by atoms with van der Waals surface area (Å²) in [6.45, 7) is 6.38. The highest BCUT2D eigenvalue weighted by molar-refractivity contribution is 9.10. The molecule has 0 saturated carbocycles. The zero-order valence-corrected chi connectivity index (χ0v) is 11.5. The van der Waals surface area contributed by atoms with Crippen molar-refractivity contribution in [3.8, 4) is 0 Å². The van der Waals surface area contributed by atoms with Gasteiger partial charge in [0, 0.05) is 4.47 Å². The molecule has 0 fully saturated rings. The van der Waals surface area contributed by atoms with Crippen LogP contribution < -0.4 is 0 Å². The van der Waals surface area contributed by atoms with Crippen molar-refractivity contribution < 1.29 is 9.50 Å². The maximum absolute atomic E-state index is 13.1. The molecule has 0 amide bonds. The summed E-state index contributed by atoms with van der Waals surface area (Å²) in [6.07, 6.45) is 0.966. The van der Waals surface area contributed by atoms with Crippen molar-refractivity contribution in [1.82, 2.24) is 0 Å². The van der Waals surface area contributed by atoms with Gasteiger partial charge in [0.25, 0.3) is 0 Å². The predicted molar refractivity (Wildman–Crippen MR) is 67.7 cm³/mol. The average molecular weight is 289 g/mol. The third-order valence-corrected chi connectivity index (χ3v) is 2.90. The SMILES string of the molecule is CC(C)(C)CCC(O)c1cc(F)cc(Br)c1. The highest BCUT2D eigenvalue weighted by Crippen LogP contribution is 2.28. The molecule has 1 nitrogen and oxygen atoms in total. The summed E-state index contributed by atoms with van der Waals surface area (Å²) in [4.78, 5) is 0. The molecule has 0 spiro atoms. The van der Waals surface area contributed by atoms with E-state index >= 15 is 0 Å². The fraction of sp³-hybridized carbons (Fsp3) is 0.538. The highest BCUT2D eigenvalue weighted by atomic mass is 79.9. The molecule has 0 aliphatic heterocycles. The molecule has 1 N–H and O–H groups in total. The van der Waals surface area contributed by atoms with Gasteiger partial charge in [0.1, 0.15) is 5.82 Å². The quantitative estimate of drug-likeness (QED) is 0.871. The lowest BCUT2D eigenvalue weighted by atomic mass is 9.88. The Morgan fingerprint density at radius 3 is 2.44 bits per heavy atom. The minimum absolute atomic E-state index is 0.186. The van der Waals surface area contributed by atoms with E-state index in [4.69, 9.17) is 0 Å². The number of halogens is 2. The number of benzene rings is 1. The molecule has 0 aliphatic carbocycles. The Kier molecular flexibility index (Phi) is 4.51. The van der Waals surface area contributed by atoms with Crippen LogP contribution in [0.2, 0.25) is 0 Å². The minimum Gasteiger partial charge on any atom is -0.388 e. The average Bonchev–Trinajstić information content (AvgIpc) is 2.11. The molecule has 1 unspecified atom stereocenters. The monoisotopic (exact) mass is 288 g/mol. The first-order valence-electron chi connectivity index (χ1n) is 5.42. The molecule has 1 atom stereocenters. The van der Waals surface area contributed by atoms with Crippen molar-refractivity contribution >= 4 is 15.9 Å². The van der Waals surface area contributed by atoms with Crippen LogP contribution in [-0.2, 0) is 0 Å². The van der Waals surface area contributed by atoms with Crippen LogP contribution in [-0.4, -0.2) is 5.11 Å². The van der Waals surface area contributed by atoms with Crippen molar-refractivity contribution in [3.05, 3.63) is 34.1 Å². The summed E-state index contributed by atoms with van der Waals surface area (Å²) >= 11 is 3.22. The molecular formula is C13H18BrFO. The van der Waals surface area contributed by atoms with Gasteiger partial charge in [-0.3, -0.25) is 0 Å². The van der Waals surface area contributed by atoms with Crippen LogP contribution in [0.25, 0.3) is 0 Å². The van der Waals surface area contributed by atoms with Gasteiger partial charge >= 0.3 is 0 Å². The zero-order valence-electron chi connectivity index (χ0n) is 9.93. The molecular weight excluding hydrogens is 271 g/mol. The molecule has 1 rings (SSSR count). The van der Waals surface area contributed by atoms with E-state index in [1.54, 1.807) is 6.07 Å². The summed E-state index contributed by atoms with van der Waals surface area (Å²) in [5.41, 5.74) is 0.821. The van der Waals surface area contributed by atoms with Gasteiger partial charge in [-0.15, -0.1) is 0 Å². The van der Waals surface area contributed by atoms with E-state index in [0.29, 0.717) is 16.5 Å². The zero-order chi connectivity index (χ0) is 12.3. The minimum atomic E-state index is -0.591. The van der Waals surface area contributed by atoms with Crippen molar-refractivity contribution in [2.75, 3.05) is 0 Å². The Morgan fingerprint density at radius 1 is 1.31 bits per heavy atom. The van der Waals surface area contributed by atoms with Crippen LogP contribution in [0.4, 0.5) is 4.39 Å². The van der Waals surface area contributed by atoms with Gasteiger partial charge in [0.05, 0.1) is 6.10 Å². The van der Waals surface area contributed by atoms with E-state index in [-0.39, 0.29) is 11.2 Å². The van der Waals surface area contributed by atoms with E-state index in [2.05, 4.69) is 36.7 Å². The van der Waals surface area contributed by atoms with Crippen molar-refractivity contribution in [2.45, 2.75) is 39.7 Å². The van der Waals surface area contributed by atoms with Crippen molar-refractivity contribution in [3.63, 3.8) is 0 Å². The molecule has 3 heteroatoms. The smallest absolute Gasteiger partial charge is 0.124 e. The molecule has 0 aromatic heterocycles. The van der Waals surface area contributed by atoms with E-state index in [9.17, 15) is 9.50 Å². The molecule has 0 bridgehead atoms. The van der Waals surface area contributed by atoms with Crippen molar-refractivity contribution in [2.24, 2.45) is 5.41 Å². The van der Waals surface area contributed by atoms with Crippen LogP contribution in [0.15, 0.2) is 22.7 Å². The molecule has 1 aromatic carbocycles. The number of hydrogen-bond donors (Lipinski definition) is 1. The lowest BCUT2D eigenvalue weighted by Gasteiger charge is -2.20. The lowest BCUT2D eigenvalue weighted by Crippen LogP contribution is -2.08. The standard InChI is InChI=1S/C13H18BrFO/c1-13(2,3)5-4-12(16)9-6-10(14)8-11(15)7-9/h6-8,12,16H,4-5H2,1-3H3. The Bertz CT molecular complexity index is 337. The summed E-state index contributed by atoms with van der Waals surface area (Å²) in [6, 6.07) is 4.54. The first-order valence-corrected chi connectivity index (χ1v) is 6.21. The van der Waals surface area contributed by atoms with Crippen molar-refractivity contribution in [1.29, 1.82) is 0 Å². The van der Waals surface area contributed by atoms with Crippen LogP contribution in [0, 0.1) is 11.2 Å². The van der Waals surface area contributed by atoms with Gasteiger partial charge in [0.2, 0.25) is 0 Å². The van der Waals surface area contributed by atoms with E-state index < -0.39 is 6.10 Å². The van der Waals surface area contributed by atoms with E-state index in [0.717, 1.165) is 6.42 Å². The molecule has 0 aliphatic rings. The number of aliphatic hydroxyl groups excluding tert-OH is 1. The van der Waals surface area contributed by atoms with E-state index in [1.165, 1.54) is 12.1 Å². The van der Waals surface area contributed by atoms with Crippen LogP contribution in [0.3, 0.4) is 0 Å². The predicted octanol–water partition coefficient (Wildman–Crippen LogP) is 4.45. The maximum atomic E-state index is 13.1. The van der Waals surface area contributed by atoms with Gasteiger partial charge < -0.3 is 5.11 Å². The number of aliphatic hydroxyl groups is 1. The third-order valence-electron chi connectivity index (χ3n) is 2.44. The topological polar surface area (TPSA) is 20.2 Å². The van der Waals surface area contributed by atoms with Gasteiger partial charge in [0.15, 0.2) is 0 Å². The second-order valence-electron chi connectivity index (χ2n) is 5.32. The molecule has 1 aromatic rings. The summed E-state index contributed by atoms with van der Waals surface area (Å²) in [5, 5.41) is 9.95. The molecule has 0 saturated heterocycles. The third kappa shape index (κ3) is 4.62. The maximum Gasteiger partial charge on any atom is 0.124 e. The molecule has 90 valence electrons. The number of rotatable bonds is 3. The number of hydrogen-bond acceptors (Lipinski definition) is 1. The Morgan fingerprint density at radius 2 is 1.94 bits per heavy atom. The fourth-order valence-corrected chi connectivity index (χ4v) is 1.99. The Balaban J connectivity index is 2.69. The second kappa shape index (κ2) is 5.28. The Labute approximate surface area is 105 Å². The first kappa shape index (κ1) is 13.7. The van der Waals surface area contributed by atoms with Crippen LogP contribution >= 0.6 is 15.9 Å². The largest absolute Gasteiger partial charge is 0.388 e. The summed E-state index contributed by atoms with van der Waals surface area (Å²) in [5.74, 6) is -0.320. The summed E-state index contributed by atoms with van der Waals surface area (Å²) in [7, 11) is 0. The van der Waals surface area contributed by atoms with Gasteiger partial charge in [-0.2, -0.15) is 0 Å². The van der Waals surface area contributed by atoms with Gasteiger partial charge in [-0.1, -0.05) is 36.7 Å². The van der Waals surface area contributed by atoms with Gasteiger partial charge in [-0.25, -0.2) is 4.39 Å². The molecule has 0 heterocycles. The van der Waals surface area contributed by atoms with E-state index in [1.807, 2.05) is 0 Å². The summed E-state index contributed by atoms with van der Waals surface area (Å²) < 4.78 is 13.8. The molecule has 0 radical (unpaired) electrons. The second-order valence-corrected chi connectivity index (χ2v) is 6.23. The fourth-order valence-electron chi connectivity index (χ4n) is 1.50. The van der Waals surface area contributed by atoms with Crippen LogP contribution in [0.1, 0.15) is 45.3 Å². The Hall–Kier alpha value is -0.410. The van der Waals surface area contributed by atoms with Gasteiger partial charge in [-0.05, 0) is 42.0 Å². The normalized spacial score (nSPS) is 13.9. The molecule has 16 heavy (non-hydrogen) atoms. The van der Waals surface area contributed by atoms with Crippen LogP contribution in [0.5, 0.6) is 0 Å². The highest BCUT2D eigenvalue weighted by Gasteiger charge is 2.15.